The topological polar surface area (TPSA) is 97.0 Å². The lowest BCUT2D eigenvalue weighted by atomic mass is 10.1. The zero-order valence-corrected chi connectivity index (χ0v) is 17.4. The van der Waals surface area contributed by atoms with E-state index < -0.39 is 5.97 Å². The van der Waals surface area contributed by atoms with Gasteiger partial charge in [0.1, 0.15) is 5.69 Å². The quantitative estimate of drug-likeness (QED) is 0.335. The van der Waals surface area contributed by atoms with Gasteiger partial charge in [-0.15, -0.1) is 21.5 Å². The van der Waals surface area contributed by atoms with Gasteiger partial charge in [-0.3, -0.25) is 10.1 Å². The van der Waals surface area contributed by atoms with E-state index in [1.54, 1.807) is 43.9 Å². The maximum Gasteiger partial charge on any atom is 0.340 e. The number of H-pyrrole nitrogens is 1. The molecule has 0 saturated carbocycles. The predicted molar refractivity (Wildman–Crippen MR) is 108 cm³/mol. The van der Waals surface area contributed by atoms with Gasteiger partial charge < -0.3 is 9.72 Å². The first kappa shape index (κ1) is 19.6. The van der Waals surface area contributed by atoms with Crippen molar-refractivity contribution in [3.05, 3.63) is 44.9 Å². The van der Waals surface area contributed by atoms with Crippen molar-refractivity contribution in [3.63, 3.8) is 0 Å². The maximum absolute atomic E-state index is 12.6. The van der Waals surface area contributed by atoms with Crippen molar-refractivity contribution >= 4 is 51.4 Å². The normalized spacial score (nSPS) is 10.8. The summed E-state index contributed by atoms with van der Waals surface area (Å²) in [6.07, 6.45) is 0. The molecule has 10 heteroatoms. The van der Waals surface area contributed by atoms with E-state index in [9.17, 15) is 9.59 Å². The minimum atomic E-state index is -0.439. The molecule has 0 bridgehead atoms. The highest BCUT2D eigenvalue weighted by Gasteiger charge is 2.23. The van der Waals surface area contributed by atoms with E-state index in [-0.39, 0.29) is 12.5 Å². The van der Waals surface area contributed by atoms with Gasteiger partial charge in [0.25, 0.3) is 5.91 Å². The number of rotatable bonds is 7. The summed E-state index contributed by atoms with van der Waals surface area (Å²) in [4.78, 5) is 28.8. The fraction of sp³-hybridized carbons (Fsp3) is 0.294. The second kappa shape index (κ2) is 8.68. The van der Waals surface area contributed by atoms with Crippen molar-refractivity contribution in [2.24, 2.45) is 0 Å². The van der Waals surface area contributed by atoms with Crippen LogP contribution >= 0.6 is 34.4 Å². The lowest BCUT2D eigenvalue weighted by molar-refractivity contribution is 0.0525. The Bertz CT molecular complexity index is 947. The molecule has 0 aliphatic rings. The van der Waals surface area contributed by atoms with Crippen molar-refractivity contribution in [3.8, 4) is 0 Å². The number of aryl methyl sites for hydroxylation is 1. The summed E-state index contributed by atoms with van der Waals surface area (Å²) < 4.78 is 5.83. The van der Waals surface area contributed by atoms with Gasteiger partial charge in [-0.25, -0.2) is 4.79 Å². The monoisotopic (exact) mass is 422 g/mol. The van der Waals surface area contributed by atoms with Crippen molar-refractivity contribution in [2.75, 3.05) is 11.9 Å². The number of carbonyl (C=O) groups is 2. The van der Waals surface area contributed by atoms with Crippen LogP contribution in [-0.2, 0) is 10.5 Å². The van der Waals surface area contributed by atoms with E-state index in [0.717, 1.165) is 10.1 Å². The van der Waals surface area contributed by atoms with Crippen LogP contribution in [0.1, 0.15) is 43.9 Å². The molecule has 0 unspecified atom stereocenters. The molecule has 2 N–H and O–H groups in total. The number of aromatic nitrogens is 3. The summed E-state index contributed by atoms with van der Waals surface area (Å²) in [5, 5.41) is 13.3. The van der Waals surface area contributed by atoms with E-state index in [1.807, 2.05) is 11.4 Å². The van der Waals surface area contributed by atoms with Gasteiger partial charge in [0, 0.05) is 16.3 Å². The Kier molecular flexibility index (Phi) is 6.30. The van der Waals surface area contributed by atoms with E-state index >= 15 is 0 Å². The number of hydrogen-bond donors (Lipinski definition) is 2. The highest BCUT2D eigenvalue weighted by molar-refractivity contribution is 8.00. The third-order valence-corrected chi connectivity index (χ3v) is 6.77. The first-order chi connectivity index (χ1) is 13.0. The fourth-order valence-corrected chi connectivity index (χ4v) is 5.01. The SMILES string of the molecule is CCOC(=O)c1c(C)[nH]c(C(=O)Nc2nnc(SCc3cccs3)s2)c1C. The fourth-order valence-electron chi connectivity index (χ4n) is 2.49. The predicted octanol–water partition coefficient (Wildman–Crippen LogP) is 4.27. The molecule has 0 saturated heterocycles. The van der Waals surface area contributed by atoms with Crippen LogP contribution in [0.15, 0.2) is 21.9 Å². The molecule has 27 heavy (non-hydrogen) atoms. The molecule has 0 atom stereocenters. The Balaban J connectivity index is 1.67. The zero-order valence-electron chi connectivity index (χ0n) is 15.0. The highest BCUT2D eigenvalue weighted by Crippen LogP contribution is 2.30. The third-order valence-electron chi connectivity index (χ3n) is 3.69. The van der Waals surface area contributed by atoms with Crippen molar-refractivity contribution < 1.29 is 14.3 Å². The third kappa shape index (κ3) is 4.57. The smallest absolute Gasteiger partial charge is 0.340 e. The second-order valence-electron chi connectivity index (χ2n) is 5.54. The summed E-state index contributed by atoms with van der Waals surface area (Å²) in [6.45, 7) is 5.47. The average Bonchev–Trinajstić information content (AvgIpc) is 3.34. The van der Waals surface area contributed by atoms with Gasteiger partial charge >= 0.3 is 5.97 Å². The Hall–Kier alpha value is -2.17. The lowest BCUT2D eigenvalue weighted by Crippen LogP contribution is -2.14. The summed E-state index contributed by atoms with van der Waals surface area (Å²) in [5.41, 5.74) is 1.87. The Morgan fingerprint density at radius 2 is 2.15 bits per heavy atom. The largest absolute Gasteiger partial charge is 0.462 e. The molecule has 0 spiro atoms. The van der Waals surface area contributed by atoms with E-state index in [0.29, 0.717) is 27.6 Å². The molecule has 0 aliphatic carbocycles. The van der Waals surface area contributed by atoms with Crippen LogP contribution in [0.5, 0.6) is 0 Å². The van der Waals surface area contributed by atoms with E-state index in [2.05, 4.69) is 26.6 Å². The number of carbonyl (C=O) groups excluding carboxylic acids is 2. The highest BCUT2D eigenvalue weighted by atomic mass is 32.2. The molecule has 3 aromatic rings. The molecule has 1 amide bonds. The van der Waals surface area contributed by atoms with Gasteiger partial charge in [0.15, 0.2) is 4.34 Å². The molecule has 3 heterocycles. The van der Waals surface area contributed by atoms with Crippen molar-refractivity contribution in [1.29, 1.82) is 0 Å². The Morgan fingerprint density at radius 1 is 1.33 bits per heavy atom. The number of thioether (sulfide) groups is 1. The van der Waals surface area contributed by atoms with E-state index in [1.165, 1.54) is 16.2 Å². The Morgan fingerprint density at radius 3 is 2.85 bits per heavy atom. The summed E-state index contributed by atoms with van der Waals surface area (Å²) in [7, 11) is 0. The number of nitrogens with zero attached hydrogens (tertiary/aromatic N) is 2. The van der Waals surface area contributed by atoms with Gasteiger partial charge in [0.2, 0.25) is 5.13 Å². The number of anilines is 1. The molecule has 0 radical (unpaired) electrons. The molecular weight excluding hydrogens is 404 g/mol. The molecule has 0 fully saturated rings. The molecule has 7 nitrogen and oxygen atoms in total. The van der Waals surface area contributed by atoms with E-state index in [4.69, 9.17) is 4.74 Å². The van der Waals surface area contributed by atoms with Gasteiger partial charge in [-0.2, -0.15) is 0 Å². The number of amides is 1. The number of esters is 1. The molecule has 3 rings (SSSR count). The summed E-state index contributed by atoms with van der Waals surface area (Å²) in [6, 6.07) is 4.08. The lowest BCUT2D eigenvalue weighted by Gasteiger charge is -2.03. The number of thiophene rings is 1. The molecule has 0 aromatic carbocycles. The van der Waals surface area contributed by atoms with Crippen LogP contribution < -0.4 is 5.32 Å². The average molecular weight is 423 g/mol. The molecule has 3 aromatic heterocycles. The van der Waals surface area contributed by atoms with Crippen molar-refractivity contribution in [1.82, 2.24) is 15.2 Å². The minimum Gasteiger partial charge on any atom is -0.462 e. The zero-order chi connectivity index (χ0) is 19.4. The van der Waals surface area contributed by atoms with Gasteiger partial charge in [-0.05, 0) is 37.8 Å². The van der Waals surface area contributed by atoms with Crippen LogP contribution in [0.4, 0.5) is 5.13 Å². The second-order valence-corrected chi connectivity index (χ2v) is 8.77. The molecular formula is C17H18N4O3S3. The summed E-state index contributed by atoms with van der Waals surface area (Å²) >= 11 is 4.58. The minimum absolute atomic E-state index is 0.279. The van der Waals surface area contributed by atoms with Gasteiger partial charge in [-0.1, -0.05) is 29.2 Å². The first-order valence-electron chi connectivity index (χ1n) is 8.16. The van der Waals surface area contributed by atoms with Gasteiger partial charge in [0.05, 0.1) is 12.2 Å². The maximum atomic E-state index is 12.6. The van der Waals surface area contributed by atoms with Crippen LogP contribution in [0, 0.1) is 13.8 Å². The number of ether oxygens (including phenoxy) is 1. The van der Waals surface area contributed by atoms with Crippen molar-refractivity contribution in [2.45, 2.75) is 30.9 Å². The Labute approximate surface area is 168 Å². The number of aromatic amines is 1. The first-order valence-corrected chi connectivity index (χ1v) is 10.8. The van der Waals surface area contributed by atoms with Crippen LogP contribution in [0.3, 0.4) is 0 Å². The molecule has 0 aliphatic heterocycles. The summed E-state index contributed by atoms with van der Waals surface area (Å²) in [5.74, 6) is 0.0148. The number of hydrogen-bond acceptors (Lipinski definition) is 8. The van der Waals surface area contributed by atoms with Crippen LogP contribution in [0.25, 0.3) is 0 Å². The number of nitrogens with one attached hydrogen (secondary N) is 2. The van der Waals surface area contributed by atoms with Crippen LogP contribution in [-0.4, -0.2) is 33.7 Å². The standard InChI is InChI=1S/C17H18N4O3S3/c1-4-24-15(23)12-9(2)13(18-10(12)3)14(22)19-16-20-21-17(27-16)26-8-11-6-5-7-25-11/h5-7,18H,4,8H2,1-3H3,(H,19,20,22). The van der Waals surface area contributed by atoms with Crippen LogP contribution in [0.2, 0.25) is 0 Å². The molecule has 142 valence electrons.